The number of rotatable bonds is 4. The molecule has 0 spiro atoms. The second-order valence-electron chi connectivity index (χ2n) is 5.45. The summed E-state index contributed by atoms with van der Waals surface area (Å²) < 4.78 is 5.39. The summed E-state index contributed by atoms with van der Waals surface area (Å²) in [5.74, 6) is 0.322. The number of fused-ring (bicyclic) bond motifs is 1. The van der Waals surface area contributed by atoms with Crippen molar-refractivity contribution in [3.8, 4) is 0 Å². The van der Waals surface area contributed by atoms with Crippen LogP contribution >= 0.6 is 0 Å². The van der Waals surface area contributed by atoms with Gasteiger partial charge < -0.3 is 9.73 Å². The first-order valence-corrected chi connectivity index (χ1v) is 6.65. The molecule has 3 nitrogen and oxygen atoms in total. The van der Waals surface area contributed by atoms with Crippen LogP contribution in [0.3, 0.4) is 0 Å². The van der Waals surface area contributed by atoms with Crippen LogP contribution in [-0.4, -0.2) is 13.3 Å². The molecule has 1 N–H and O–H groups in total. The maximum absolute atomic E-state index is 11.9. The van der Waals surface area contributed by atoms with Crippen LogP contribution in [0.15, 0.2) is 33.5 Å². The minimum Gasteiger partial charge on any atom is -0.423 e. The minimum absolute atomic E-state index is 0.275. The van der Waals surface area contributed by atoms with Gasteiger partial charge in [-0.05, 0) is 31.4 Å². The first-order chi connectivity index (χ1) is 8.95. The highest BCUT2D eigenvalue weighted by molar-refractivity contribution is 6.54. The van der Waals surface area contributed by atoms with E-state index in [1.165, 1.54) is 0 Å². The molecule has 0 bridgehead atoms. The Bertz CT molecular complexity index is 632. The molecular formula is C15H19BNO2. The summed E-state index contributed by atoms with van der Waals surface area (Å²) >= 11 is 0. The first kappa shape index (κ1) is 13.7. The molecule has 0 saturated carbocycles. The fraction of sp³-hybridized carbons (Fsp3) is 0.400. The van der Waals surface area contributed by atoms with Gasteiger partial charge in [-0.25, -0.2) is 4.79 Å². The molecule has 0 aliphatic carbocycles. The molecule has 19 heavy (non-hydrogen) atoms. The highest BCUT2D eigenvalue weighted by Gasteiger charge is 2.09. The van der Waals surface area contributed by atoms with Gasteiger partial charge in [0.15, 0.2) is 7.28 Å². The second-order valence-corrected chi connectivity index (χ2v) is 5.45. The highest BCUT2D eigenvalue weighted by Crippen LogP contribution is 2.18. The molecule has 1 aromatic carbocycles. The summed E-state index contributed by atoms with van der Waals surface area (Å²) in [7, 11) is 1.92. The largest absolute Gasteiger partial charge is 0.423 e. The third kappa shape index (κ3) is 3.40. The summed E-state index contributed by atoms with van der Waals surface area (Å²) in [5, 5.41) is 4.24. The predicted molar refractivity (Wildman–Crippen MR) is 81.7 cm³/mol. The zero-order chi connectivity index (χ0) is 14.0. The molecular weight excluding hydrogens is 237 g/mol. The molecule has 1 radical (unpaired) electrons. The molecule has 4 heteroatoms. The Morgan fingerprint density at radius 3 is 2.53 bits per heavy atom. The van der Waals surface area contributed by atoms with E-state index in [2.05, 4.69) is 19.2 Å². The summed E-state index contributed by atoms with van der Waals surface area (Å²) in [4.78, 5) is 11.9. The van der Waals surface area contributed by atoms with Gasteiger partial charge in [0.25, 0.3) is 0 Å². The Kier molecular flexibility index (Phi) is 3.98. The Morgan fingerprint density at radius 2 is 1.89 bits per heavy atom. The van der Waals surface area contributed by atoms with Crippen molar-refractivity contribution in [3.05, 3.63) is 34.7 Å². The predicted octanol–water partition coefficient (Wildman–Crippen LogP) is 2.77. The molecule has 2 aromatic rings. The van der Waals surface area contributed by atoms with Gasteiger partial charge in [-0.1, -0.05) is 25.7 Å². The van der Waals surface area contributed by atoms with Gasteiger partial charge in [0.05, 0.1) is 0 Å². The average molecular weight is 256 g/mol. The molecule has 0 unspecified atom stereocenters. The van der Waals surface area contributed by atoms with Crippen molar-refractivity contribution in [2.24, 2.45) is 0 Å². The quantitative estimate of drug-likeness (QED) is 0.675. The number of hydrogen-bond donors (Lipinski definition) is 1. The van der Waals surface area contributed by atoms with Crippen molar-refractivity contribution in [3.63, 3.8) is 0 Å². The molecule has 0 fully saturated rings. The maximum Gasteiger partial charge on any atom is 0.329 e. The molecule has 99 valence electrons. The van der Waals surface area contributed by atoms with Crippen molar-refractivity contribution >= 4 is 29.4 Å². The molecule has 0 aliphatic rings. The van der Waals surface area contributed by atoms with Crippen LogP contribution in [-0.2, 0) is 0 Å². The van der Waals surface area contributed by atoms with Crippen molar-refractivity contribution in [2.75, 3.05) is 5.32 Å². The third-order valence-electron chi connectivity index (χ3n) is 2.73. The first-order valence-electron chi connectivity index (χ1n) is 6.65. The maximum atomic E-state index is 11.9. The van der Waals surface area contributed by atoms with Crippen molar-refractivity contribution in [1.29, 1.82) is 0 Å². The summed E-state index contributed by atoms with van der Waals surface area (Å²) in [5.41, 5.74) is 1.94. The lowest BCUT2D eigenvalue weighted by atomic mass is 9.61. The molecule has 1 aromatic heterocycles. The normalized spacial score (nSPS) is 11.3. The van der Waals surface area contributed by atoms with E-state index in [1.54, 1.807) is 0 Å². The van der Waals surface area contributed by atoms with E-state index in [-0.39, 0.29) is 5.63 Å². The number of benzene rings is 1. The Hall–Kier alpha value is -1.71. The van der Waals surface area contributed by atoms with E-state index in [9.17, 15) is 4.79 Å². The van der Waals surface area contributed by atoms with Gasteiger partial charge in [0, 0.05) is 23.2 Å². The zero-order valence-electron chi connectivity index (χ0n) is 11.9. The fourth-order valence-electron chi connectivity index (χ4n) is 2.03. The molecule has 0 aliphatic heterocycles. The van der Waals surface area contributed by atoms with Crippen LogP contribution in [0.5, 0.6) is 0 Å². The van der Waals surface area contributed by atoms with E-state index >= 15 is 0 Å². The van der Waals surface area contributed by atoms with Crippen LogP contribution < -0.4 is 16.4 Å². The van der Waals surface area contributed by atoms with Gasteiger partial charge >= 0.3 is 5.63 Å². The van der Waals surface area contributed by atoms with Crippen LogP contribution in [0.25, 0.3) is 11.0 Å². The van der Waals surface area contributed by atoms with Crippen LogP contribution in [0.2, 0.25) is 5.82 Å². The van der Waals surface area contributed by atoms with Gasteiger partial charge in [0.1, 0.15) is 5.58 Å². The summed E-state index contributed by atoms with van der Waals surface area (Å²) in [6.07, 6.45) is 0. The summed E-state index contributed by atoms with van der Waals surface area (Å²) in [6.45, 7) is 8.22. The lowest BCUT2D eigenvalue weighted by Gasteiger charge is -2.10. The van der Waals surface area contributed by atoms with E-state index in [4.69, 9.17) is 4.42 Å². The number of hydrogen-bond acceptors (Lipinski definition) is 3. The second kappa shape index (κ2) is 5.51. The Balaban J connectivity index is 2.43. The number of nitrogens with one attached hydrogen (secondary N) is 1. The van der Waals surface area contributed by atoms with Crippen molar-refractivity contribution in [2.45, 2.75) is 39.6 Å². The van der Waals surface area contributed by atoms with Crippen LogP contribution in [0.4, 0.5) is 5.69 Å². The minimum atomic E-state index is -0.275. The zero-order valence-corrected chi connectivity index (χ0v) is 11.9. The van der Waals surface area contributed by atoms with Crippen molar-refractivity contribution in [1.82, 2.24) is 0 Å². The van der Waals surface area contributed by atoms with Crippen LogP contribution in [0, 0.1) is 0 Å². The molecule has 2 rings (SSSR count). The van der Waals surface area contributed by atoms with E-state index in [0.717, 1.165) is 11.1 Å². The van der Waals surface area contributed by atoms with Gasteiger partial charge in [-0.2, -0.15) is 0 Å². The highest BCUT2D eigenvalue weighted by atomic mass is 16.4. The average Bonchev–Trinajstić information content (AvgIpc) is 2.29. The Labute approximate surface area is 114 Å². The molecule has 0 atom stereocenters. The van der Waals surface area contributed by atoms with Crippen molar-refractivity contribution < 1.29 is 4.42 Å². The fourth-order valence-corrected chi connectivity index (χ4v) is 2.03. The van der Waals surface area contributed by atoms with E-state index in [1.807, 2.05) is 45.4 Å². The lowest BCUT2D eigenvalue weighted by molar-refractivity contribution is 0.566. The van der Waals surface area contributed by atoms with Gasteiger partial charge in [-0.3, -0.25) is 0 Å². The lowest BCUT2D eigenvalue weighted by Crippen LogP contribution is -2.31. The smallest absolute Gasteiger partial charge is 0.329 e. The van der Waals surface area contributed by atoms with E-state index < -0.39 is 0 Å². The Morgan fingerprint density at radius 1 is 1.16 bits per heavy atom. The van der Waals surface area contributed by atoms with Gasteiger partial charge in [0.2, 0.25) is 0 Å². The molecule has 1 heterocycles. The topological polar surface area (TPSA) is 42.2 Å². The number of anilines is 1. The summed E-state index contributed by atoms with van der Waals surface area (Å²) in [6, 6.07) is 8.08. The molecule has 0 amide bonds. The standard InChI is InChI=1S/C15H19BNO2/c1-9(2)16-13-7-11-5-6-12(17-10(3)4)8-14(11)19-15(13)18/h5-10,17H,1-4H3. The van der Waals surface area contributed by atoms with Crippen LogP contribution in [0.1, 0.15) is 27.7 Å². The SMILES string of the molecule is CC(C)[B]c1cc2ccc(NC(C)C)cc2oc1=O. The van der Waals surface area contributed by atoms with Gasteiger partial charge in [-0.15, -0.1) is 0 Å². The van der Waals surface area contributed by atoms with E-state index in [0.29, 0.717) is 22.9 Å². The third-order valence-corrected chi connectivity index (χ3v) is 2.73. The molecule has 0 saturated heterocycles. The monoisotopic (exact) mass is 256 g/mol.